The van der Waals surface area contributed by atoms with Gasteiger partial charge in [-0.3, -0.25) is 4.79 Å². The minimum absolute atomic E-state index is 0.0852. The first-order valence-electron chi connectivity index (χ1n) is 9.59. The van der Waals surface area contributed by atoms with E-state index >= 15 is 0 Å². The first-order chi connectivity index (χ1) is 14.8. The van der Waals surface area contributed by atoms with E-state index in [0.29, 0.717) is 35.1 Å². The zero-order chi connectivity index (χ0) is 22.3. The number of rotatable bonds is 9. The van der Waals surface area contributed by atoms with Gasteiger partial charge in [-0.15, -0.1) is 0 Å². The quantitative estimate of drug-likeness (QED) is 0.509. The third-order valence-electron chi connectivity index (χ3n) is 4.53. The van der Waals surface area contributed by atoms with Crippen LogP contribution in [0.15, 0.2) is 72.8 Å². The summed E-state index contributed by atoms with van der Waals surface area (Å²) < 4.78 is 31.3. The lowest BCUT2D eigenvalue weighted by molar-refractivity contribution is 0.0950. The fourth-order valence-corrected chi connectivity index (χ4v) is 3.84. The molecule has 0 heterocycles. The molecule has 0 spiro atoms. The average Bonchev–Trinajstić information content (AvgIpc) is 2.77. The molecule has 0 aliphatic heterocycles. The molecule has 0 saturated heterocycles. The second kappa shape index (κ2) is 10.4. The van der Waals surface area contributed by atoms with Gasteiger partial charge in [0.25, 0.3) is 5.91 Å². The van der Waals surface area contributed by atoms with E-state index in [1.54, 1.807) is 54.6 Å². The van der Waals surface area contributed by atoms with Crippen molar-refractivity contribution < 1.29 is 17.9 Å². The lowest BCUT2D eigenvalue weighted by Crippen LogP contribution is -2.23. The predicted octanol–water partition coefficient (Wildman–Crippen LogP) is 3.90. The summed E-state index contributed by atoms with van der Waals surface area (Å²) in [5, 5.41) is 3.50. The Hall–Kier alpha value is -2.87. The van der Waals surface area contributed by atoms with Gasteiger partial charge in [-0.25, -0.2) is 13.1 Å². The van der Waals surface area contributed by atoms with Crippen molar-refractivity contribution in [1.29, 1.82) is 0 Å². The summed E-state index contributed by atoms with van der Waals surface area (Å²) in [6.07, 6.45) is 0. The van der Waals surface area contributed by atoms with Gasteiger partial charge in [-0.05, 0) is 54.1 Å². The number of hydrogen-bond acceptors (Lipinski definition) is 4. The van der Waals surface area contributed by atoms with Gasteiger partial charge in [0.1, 0.15) is 12.4 Å². The van der Waals surface area contributed by atoms with Crippen molar-refractivity contribution >= 4 is 27.5 Å². The first-order valence-corrected chi connectivity index (χ1v) is 11.6. The Morgan fingerprint density at radius 1 is 0.935 bits per heavy atom. The molecular weight excluding hydrogens is 436 g/mol. The molecule has 8 heteroatoms. The van der Waals surface area contributed by atoms with Gasteiger partial charge in [0.15, 0.2) is 0 Å². The van der Waals surface area contributed by atoms with Crippen LogP contribution in [-0.2, 0) is 28.9 Å². The van der Waals surface area contributed by atoms with E-state index in [0.717, 1.165) is 11.1 Å². The zero-order valence-electron chi connectivity index (χ0n) is 17.0. The molecule has 162 valence electrons. The van der Waals surface area contributed by atoms with Crippen molar-refractivity contribution in [3.63, 3.8) is 0 Å². The van der Waals surface area contributed by atoms with Crippen molar-refractivity contribution in [3.8, 4) is 5.75 Å². The average molecular weight is 459 g/mol. The van der Waals surface area contributed by atoms with Crippen LogP contribution in [0.25, 0.3) is 0 Å². The summed E-state index contributed by atoms with van der Waals surface area (Å²) in [5.41, 5.74) is 2.97. The molecule has 2 N–H and O–H groups in total. The van der Waals surface area contributed by atoms with Crippen molar-refractivity contribution in [3.05, 3.63) is 100 Å². The molecule has 1 amide bonds. The van der Waals surface area contributed by atoms with Crippen molar-refractivity contribution in [2.24, 2.45) is 0 Å². The van der Waals surface area contributed by atoms with E-state index in [4.69, 9.17) is 16.3 Å². The van der Waals surface area contributed by atoms with E-state index in [2.05, 4.69) is 10.0 Å². The SMILES string of the molecule is CNS(=O)(=O)Cc1ccc(CNC(=O)c2cccc(OCc3cccc(Cl)c3)c2)cc1. The number of nitrogens with one attached hydrogen (secondary N) is 2. The zero-order valence-corrected chi connectivity index (χ0v) is 18.5. The third-order valence-corrected chi connectivity index (χ3v) is 6.10. The number of hydrogen-bond donors (Lipinski definition) is 2. The van der Waals surface area contributed by atoms with Crippen LogP contribution in [0, 0.1) is 0 Å². The monoisotopic (exact) mass is 458 g/mol. The standard InChI is InChI=1S/C23H23ClN2O4S/c1-25-31(28,29)16-18-10-8-17(9-11-18)14-26-23(27)20-5-3-7-22(13-20)30-15-19-4-2-6-21(24)12-19/h2-13,25H,14-16H2,1H3,(H,26,27). The molecule has 0 atom stereocenters. The largest absolute Gasteiger partial charge is 0.489 e. The Kier molecular flexibility index (Phi) is 7.68. The van der Waals surface area contributed by atoms with Crippen LogP contribution in [0.3, 0.4) is 0 Å². The number of ether oxygens (including phenoxy) is 1. The molecule has 0 aliphatic rings. The summed E-state index contributed by atoms with van der Waals surface area (Å²) in [7, 11) is -1.93. The maximum atomic E-state index is 12.5. The molecule has 0 saturated carbocycles. The summed E-state index contributed by atoms with van der Waals surface area (Å²) in [5.74, 6) is 0.274. The van der Waals surface area contributed by atoms with Gasteiger partial charge in [0.05, 0.1) is 5.75 Å². The number of carbonyl (C=O) groups is 1. The Balaban J connectivity index is 1.55. The topological polar surface area (TPSA) is 84.5 Å². The Morgan fingerprint density at radius 3 is 2.35 bits per heavy atom. The maximum Gasteiger partial charge on any atom is 0.251 e. The number of carbonyl (C=O) groups excluding carboxylic acids is 1. The molecule has 3 aromatic rings. The van der Waals surface area contributed by atoms with Gasteiger partial charge in [-0.2, -0.15) is 0 Å². The summed E-state index contributed by atoms with van der Waals surface area (Å²) in [4.78, 5) is 12.5. The van der Waals surface area contributed by atoms with E-state index in [1.165, 1.54) is 7.05 Å². The molecule has 0 bridgehead atoms. The highest BCUT2D eigenvalue weighted by Crippen LogP contribution is 2.17. The molecule has 0 fully saturated rings. The van der Waals surface area contributed by atoms with E-state index in [-0.39, 0.29) is 11.7 Å². The summed E-state index contributed by atoms with van der Waals surface area (Å²) >= 11 is 5.98. The highest BCUT2D eigenvalue weighted by molar-refractivity contribution is 7.88. The van der Waals surface area contributed by atoms with Crippen LogP contribution in [0.2, 0.25) is 5.02 Å². The minimum atomic E-state index is -3.31. The van der Waals surface area contributed by atoms with Gasteiger partial charge in [-0.1, -0.05) is 54.1 Å². The van der Waals surface area contributed by atoms with Crippen molar-refractivity contribution in [2.45, 2.75) is 18.9 Å². The summed E-state index contributed by atoms with van der Waals surface area (Å²) in [6, 6.07) is 21.4. The molecule has 0 unspecified atom stereocenters. The Bertz CT molecular complexity index is 1150. The van der Waals surface area contributed by atoms with Crippen LogP contribution in [-0.4, -0.2) is 21.4 Å². The van der Waals surface area contributed by atoms with Gasteiger partial charge < -0.3 is 10.1 Å². The van der Waals surface area contributed by atoms with Gasteiger partial charge in [0.2, 0.25) is 10.0 Å². The fourth-order valence-electron chi connectivity index (χ4n) is 2.85. The van der Waals surface area contributed by atoms with Crippen LogP contribution in [0.5, 0.6) is 5.75 Å². The van der Waals surface area contributed by atoms with Crippen molar-refractivity contribution in [1.82, 2.24) is 10.0 Å². The lowest BCUT2D eigenvalue weighted by atomic mass is 10.1. The normalized spacial score (nSPS) is 11.2. The Labute approximate surface area is 187 Å². The van der Waals surface area contributed by atoms with Crippen LogP contribution in [0.1, 0.15) is 27.0 Å². The molecule has 0 aliphatic carbocycles. The van der Waals surface area contributed by atoms with Crippen LogP contribution < -0.4 is 14.8 Å². The predicted molar refractivity (Wildman–Crippen MR) is 122 cm³/mol. The smallest absolute Gasteiger partial charge is 0.251 e. The molecule has 6 nitrogen and oxygen atoms in total. The summed E-state index contributed by atoms with van der Waals surface area (Å²) in [6.45, 7) is 0.673. The number of sulfonamides is 1. The molecule has 3 aromatic carbocycles. The highest BCUT2D eigenvalue weighted by Gasteiger charge is 2.10. The Morgan fingerprint density at radius 2 is 1.65 bits per heavy atom. The minimum Gasteiger partial charge on any atom is -0.489 e. The van der Waals surface area contributed by atoms with Gasteiger partial charge in [0, 0.05) is 17.1 Å². The molecule has 0 radical (unpaired) electrons. The van der Waals surface area contributed by atoms with E-state index in [9.17, 15) is 13.2 Å². The lowest BCUT2D eigenvalue weighted by Gasteiger charge is -2.10. The number of benzene rings is 3. The van der Waals surface area contributed by atoms with Crippen molar-refractivity contribution in [2.75, 3.05) is 7.05 Å². The van der Waals surface area contributed by atoms with E-state index < -0.39 is 10.0 Å². The molecule has 0 aromatic heterocycles. The molecule has 3 rings (SSSR count). The van der Waals surface area contributed by atoms with Crippen LogP contribution >= 0.6 is 11.6 Å². The second-order valence-corrected chi connectivity index (χ2v) is 9.27. The third kappa shape index (κ3) is 7.10. The second-order valence-electron chi connectivity index (χ2n) is 6.91. The molecule has 31 heavy (non-hydrogen) atoms. The highest BCUT2D eigenvalue weighted by atomic mass is 35.5. The number of amides is 1. The first kappa shape index (κ1) is 22.8. The molecular formula is C23H23ClN2O4S. The number of halogens is 1. The maximum absolute atomic E-state index is 12.5. The van der Waals surface area contributed by atoms with E-state index in [1.807, 2.05) is 18.2 Å². The van der Waals surface area contributed by atoms with Gasteiger partial charge >= 0.3 is 0 Å². The fraction of sp³-hybridized carbons (Fsp3) is 0.174. The van der Waals surface area contributed by atoms with Crippen LogP contribution in [0.4, 0.5) is 0 Å².